The SMILES string of the molecule is COC1(C#COC(=O)N2CC=CCC2)CN(C(=O)OC(C)(C)C)C1. The van der Waals surface area contributed by atoms with Crippen LogP contribution in [0.1, 0.15) is 27.2 Å². The number of amides is 2. The first kappa shape index (κ1) is 18.1. The molecule has 24 heavy (non-hydrogen) atoms. The van der Waals surface area contributed by atoms with Crippen molar-refractivity contribution in [2.45, 2.75) is 38.4 Å². The standard InChI is InChI=1S/C17H24N2O5/c1-16(2,3)24-15(21)19-12-17(13-19,22-4)8-11-23-14(20)18-9-6-5-7-10-18/h5-6H,7,9-10,12-13H2,1-4H3. The Balaban J connectivity index is 1.84. The second-order valence-electron chi connectivity index (χ2n) is 6.84. The van der Waals surface area contributed by atoms with Crippen LogP contribution in [0.4, 0.5) is 9.59 Å². The summed E-state index contributed by atoms with van der Waals surface area (Å²) in [4.78, 5) is 26.9. The van der Waals surface area contributed by atoms with Crippen LogP contribution in [-0.4, -0.2) is 66.5 Å². The minimum atomic E-state index is -0.820. The van der Waals surface area contributed by atoms with Gasteiger partial charge < -0.3 is 24.0 Å². The maximum absolute atomic E-state index is 11.9. The van der Waals surface area contributed by atoms with Gasteiger partial charge in [0.2, 0.25) is 0 Å². The highest BCUT2D eigenvalue weighted by Gasteiger charge is 2.46. The van der Waals surface area contributed by atoms with Gasteiger partial charge in [0.05, 0.1) is 13.1 Å². The molecule has 0 unspecified atom stereocenters. The van der Waals surface area contributed by atoms with Crippen LogP contribution >= 0.6 is 0 Å². The average Bonchev–Trinajstić information content (AvgIpc) is 2.48. The molecule has 2 rings (SSSR count). The number of likely N-dealkylation sites (tertiary alicyclic amines) is 1. The molecule has 0 spiro atoms. The van der Waals surface area contributed by atoms with Crippen molar-refractivity contribution >= 4 is 12.2 Å². The normalized spacial score (nSPS) is 19.0. The van der Waals surface area contributed by atoms with Crippen LogP contribution in [-0.2, 0) is 14.2 Å². The molecule has 0 aromatic rings. The van der Waals surface area contributed by atoms with Crippen molar-refractivity contribution in [2.75, 3.05) is 33.3 Å². The Kier molecular flexibility index (Phi) is 5.40. The Labute approximate surface area is 142 Å². The number of carbonyl (C=O) groups excluding carboxylic acids is 2. The summed E-state index contributed by atoms with van der Waals surface area (Å²) < 4.78 is 15.6. The highest BCUT2D eigenvalue weighted by molar-refractivity contribution is 5.71. The van der Waals surface area contributed by atoms with Gasteiger partial charge in [-0.3, -0.25) is 0 Å². The van der Waals surface area contributed by atoms with E-state index in [2.05, 4.69) is 12.0 Å². The molecule has 0 aromatic heterocycles. The molecule has 132 valence electrons. The monoisotopic (exact) mass is 336 g/mol. The Morgan fingerprint density at radius 2 is 1.83 bits per heavy atom. The van der Waals surface area contributed by atoms with Gasteiger partial charge >= 0.3 is 12.2 Å². The molecule has 0 aromatic carbocycles. The molecule has 0 atom stereocenters. The molecule has 1 saturated heterocycles. The molecule has 2 amide bonds. The van der Waals surface area contributed by atoms with Gasteiger partial charge in [0.25, 0.3) is 0 Å². The number of ether oxygens (including phenoxy) is 3. The van der Waals surface area contributed by atoms with Gasteiger partial charge in [-0.2, -0.15) is 0 Å². The summed E-state index contributed by atoms with van der Waals surface area (Å²) in [6.45, 7) is 7.13. The summed E-state index contributed by atoms with van der Waals surface area (Å²) in [6.07, 6.45) is 6.29. The van der Waals surface area contributed by atoms with Crippen LogP contribution in [0, 0.1) is 12.0 Å². The van der Waals surface area contributed by atoms with Crippen molar-refractivity contribution in [3.63, 3.8) is 0 Å². The van der Waals surface area contributed by atoms with E-state index in [0.29, 0.717) is 13.1 Å². The van der Waals surface area contributed by atoms with Crippen molar-refractivity contribution in [2.24, 2.45) is 0 Å². The van der Waals surface area contributed by atoms with Crippen molar-refractivity contribution in [3.8, 4) is 12.0 Å². The fraction of sp³-hybridized carbons (Fsp3) is 0.647. The van der Waals surface area contributed by atoms with E-state index in [9.17, 15) is 9.59 Å². The Bertz CT molecular complexity index is 576. The largest absolute Gasteiger partial charge is 0.444 e. The van der Waals surface area contributed by atoms with Gasteiger partial charge in [-0.05, 0) is 33.1 Å². The lowest BCUT2D eigenvalue weighted by atomic mass is 9.95. The third kappa shape index (κ3) is 4.65. The fourth-order valence-corrected chi connectivity index (χ4v) is 2.32. The minimum Gasteiger partial charge on any atom is -0.444 e. The van der Waals surface area contributed by atoms with E-state index in [-0.39, 0.29) is 13.1 Å². The number of hydrogen-bond donors (Lipinski definition) is 0. The molecule has 1 fully saturated rings. The summed E-state index contributed by atoms with van der Waals surface area (Å²) in [5.41, 5.74) is -1.37. The lowest BCUT2D eigenvalue weighted by Gasteiger charge is -2.45. The first-order chi connectivity index (χ1) is 11.2. The molecule has 7 nitrogen and oxygen atoms in total. The van der Waals surface area contributed by atoms with Crippen LogP contribution in [0.15, 0.2) is 12.2 Å². The predicted molar refractivity (Wildman–Crippen MR) is 87.1 cm³/mol. The second-order valence-corrected chi connectivity index (χ2v) is 6.84. The topological polar surface area (TPSA) is 68.3 Å². The molecule has 0 N–H and O–H groups in total. The summed E-state index contributed by atoms with van der Waals surface area (Å²) in [6, 6.07) is 0. The van der Waals surface area contributed by atoms with E-state index in [1.54, 1.807) is 4.90 Å². The summed E-state index contributed by atoms with van der Waals surface area (Å²) in [5.74, 6) is 2.79. The van der Waals surface area contributed by atoms with Crippen molar-refractivity contribution in [1.82, 2.24) is 9.80 Å². The predicted octanol–water partition coefficient (Wildman–Crippen LogP) is 1.98. The van der Waals surface area contributed by atoms with Gasteiger partial charge in [0, 0.05) is 20.2 Å². The van der Waals surface area contributed by atoms with Gasteiger partial charge in [-0.25, -0.2) is 9.59 Å². The van der Waals surface area contributed by atoms with Gasteiger partial charge in [0.15, 0.2) is 5.60 Å². The van der Waals surface area contributed by atoms with E-state index >= 15 is 0 Å². The third-order valence-corrected chi connectivity index (χ3v) is 3.67. The molecule has 0 radical (unpaired) electrons. The van der Waals surface area contributed by atoms with Crippen molar-refractivity contribution in [1.29, 1.82) is 0 Å². The lowest BCUT2D eigenvalue weighted by Crippen LogP contribution is -2.64. The Morgan fingerprint density at radius 3 is 2.38 bits per heavy atom. The number of hydrogen-bond acceptors (Lipinski definition) is 5. The zero-order valence-electron chi connectivity index (χ0n) is 14.6. The molecular weight excluding hydrogens is 312 g/mol. The highest BCUT2D eigenvalue weighted by Crippen LogP contribution is 2.25. The molecular formula is C17H24N2O5. The van der Waals surface area contributed by atoms with Crippen LogP contribution in [0.5, 0.6) is 0 Å². The highest BCUT2D eigenvalue weighted by atomic mass is 16.6. The fourth-order valence-electron chi connectivity index (χ4n) is 2.32. The average molecular weight is 336 g/mol. The molecule has 0 saturated carbocycles. The van der Waals surface area contributed by atoms with Crippen molar-refractivity contribution in [3.05, 3.63) is 12.2 Å². The molecule has 2 aliphatic rings. The van der Waals surface area contributed by atoms with Crippen LogP contribution in [0.3, 0.4) is 0 Å². The van der Waals surface area contributed by atoms with Crippen LogP contribution in [0.2, 0.25) is 0 Å². The molecule has 2 aliphatic heterocycles. The second kappa shape index (κ2) is 7.14. The van der Waals surface area contributed by atoms with Crippen LogP contribution < -0.4 is 0 Å². The summed E-state index contributed by atoms with van der Waals surface area (Å²) in [7, 11) is 1.51. The molecule has 0 aliphatic carbocycles. The number of methoxy groups -OCH3 is 1. The number of rotatable bonds is 1. The van der Waals surface area contributed by atoms with Gasteiger partial charge in [-0.15, -0.1) is 0 Å². The maximum atomic E-state index is 11.9. The smallest absolute Gasteiger partial charge is 0.424 e. The number of carbonyl (C=O) groups is 2. The zero-order chi connectivity index (χ0) is 17.8. The lowest BCUT2D eigenvalue weighted by molar-refractivity contribution is -0.0854. The first-order valence-electron chi connectivity index (χ1n) is 7.91. The quantitative estimate of drug-likeness (QED) is 0.541. The minimum absolute atomic E-state index is 0.273. The van der Waals surface area contributed by atoms with E-state index in [1.807, 2.05) is 32.9 Å². The zero-order valence-corrected chi connectivity index (χ0v) is 14.6. The summed E-state index contributed by atoms with van der Waals surface area (Å²) >= 11 is 0. The van der Waals surface area contributed by atoms with E-state index < -0.39 is 23.4 Å². The molecule has 0 bridgehead atoms. The van der Waals surface area contributed by atoms with E-state index in [4.69, 9.17) is 14.2 Å². The Morgan fingerprint density at radius 1 is 1.12 bits per heavy atom. The van der Waals surface area contributed by atoms with E-state index in [0.717, 1.165) is 6.42 Å². The summed E-state index contributed by atoms with van der Waals surface area (Å²) in [5, 5.41) is 0. The third-order valence-electron chi connectivity index (χ3n) is 3.67. The molecule has 7 heteroatoms. The maximum Gasteiger partial charge on any atom is 0.424 e. The first-order valence-corrected chi connectivity index (χ1v) is 7.91. The van der Waals surface area contributed by atoms with Crippen LogP contribution in [0.25, 0.3) is 0 Å². The van der Waals surface area contributed by atoms with Gasteiger partial charge in [0.1, 0.15) is 11.7 Å². The van der Waals surface area contributed by atoms with E-state index in [1.165, 1.54) is 12.0 Å². The Hall–Kier alpha value is -2.20. The van der Waals surface area contributed by atoms with Gasteiger partial charge in [-0.1, -0.05) is 12.2 Å². The van der Waals surface area contributed by atoms with Crippen molar-refractivity contribution < 1.29 is 23.8 Å². The number of nitrogens with zero attached hydrogens (tertiary/aromatic N) is 2. The molecule has 2 heterocycles.